The number of anilines is 2. The van der Waals surface area contributed by atoms with E-state index in [-0.39, 0.29) is 5.69 Å². The molecule has 0 spiro atoms. The molecule has 2 nitrogen and oxygen atoms in total. The zero-order chi connectivity index (χ0) is 7.72. The molecule has 0 unspecified atom stereocenters. The summed E-state index contributed by atoms with van der Waals surface area (Å²) in [5.74, 6) is -0.455. The molecule has 0 aliphatic carbocycles. The maximum absolute atomic E-state index is 12.6. The third-order valence-electron chi connectivity index (χ3n) is 1.45. The van der Waals surface area contributed by atoms with E-state index in [0.29, 0.717) is 5.69 Å². The molecule has 1 aromatic rings. The monoisotopic (exact) mass is 140 g/mol. The Labute approximate surface area is 58.6 Å². The molecule has 0 aliphatic heterocycles. The van der Waals surface area contributed by atoms with Gasteiger partial charge in [-0.05, 0) is 18.6 Å². The Balaban J connectivity index is 3.34. The third-order valence-corrected chi connectivity index (χ3v) is 1.45. The fraction of sp³-hybridized carbons (Fsp3) is 0.143. The van der Waals surface area contributed by atoms with Gasteiger partial charge in [0.2, 0.25) is 0 Å². The maximum atomic E-state index is 12.6. The van der Waals surface area contributed by atoms with Crippen molar-refractivity contribution in [2.24, 2.45) is 0 Å². The number of hydrogen-bond acceptors (Lipinski definition) is 2. The van der Waals surface area contributed by atoms with Crippen molar-refractivity contribution in [1.82, 2.24) is 0 Å². The lowest BCUT2D eigenvalue weighted by Gasteiger charge is -2.03. The molecule has 54 valence electrons. The van der Waals surface area contributed by atoms with Gasteiger partial charge in [-0.2, -0.15) is 0 Å². The Hall–Kier alpha value is -1.25. The number of rotatable bonds is 0. The average molecular weight is 140 g/mol. The predicted octanol–water partition coefficient (Wildman–Crippen LogP) is 1.30. The highest BCUT2D eigenvalue weighted by atomic mass is 19.1. The van der Waals surface area contributed by atoms with Crippen LogP contribution in [-0.2, 0) is 0 Å². The first-order valence-electron chi connectivity index (χ1n) is 2.93. The third kappa shape index (κ3) is 0.900. The highest BCUT2D eigenvalue weighted by Gasteiger charge is 2.02. The highest BCUT2D eigenvalue weighted by molar-refractivity contribution is 5.67. The molecular weight excluding hydrogens is 131 g/mol. The van der Waals surface area contributed by atoms with E-state index in [0.717, 1.165) is 5.56 Å². The molecule has 0 atom stereocenters. The Morgan fingerprint density at radius 1 is 1.20 bits per heavy atom. The summed E-state index contributed by atoms with van der Waals surface area (Å²) in [4.78, 5) is 0. The van der Waals surface area contributed by atoms with Crippen molar-refractivity contribution in [3.8, 4) is 0 Å². The number of nitrogens with two attached hydrogens (primary N) is 2. The minimum atomic E-state index is -0.455. The molecule has 1 aromatic carbocycles. The number of halogens is 1. The van der Waals surface area contributed by atoms with Gasteiger partial charge in [0.15, 0.2) is 0 Å². The lowest BCUT2D eigenvalue weighted by Crippen LogP contribution is -1.99. The molecule has 0 saturated heterocycles. The van der Waals surface area contributed by atoms with Crippen LogP contribution in [0, 0.1) is 12.7 Å². The van der Waals surface area contributed by atoms with Crippen LogP contribution in [0.3, 0.4) is 0 Å². The van der Waals surface area contributed by atoms with Gasteiger partial charge in [-0.1, -0.05) is 6.07 Å². The van der Waals surface area contributed by atoms with E-state index in [4.69, 9.17) is 11.5 Å². The minimum Gasteiger partial charge on any atom is -0.397 e. The summed E-state index contributed by atoms with van der Waals surface area (Å²) in [5.41, 5.74) is 11.9. The number of benzene rings is 1. The van der Waals surface area contributed by atoms with Crippen molar-refractivity contribution >= 4 is 11.4 Å². The molecule has 3 heteroatoms. The average Bonchev–Trinajstić information content (AvgIpc) is 1.93. The molecule has 0 bridgehead atoms. The fourth-order valence-corrected chi connectivity index (χ4v) is 0.719. The number of nitrogen functional groups attached to an aromatic ring is 2. The van der Waals surface area contributed by atoms with Gasteiger partial charge in [0.05, 0.1) is 11.4 Å². The number of hydrogen-bond donors (Lipinski definition) is 2. The van der Waals surface area contributed by atoms with E-state index < -0.39 is 5.82 Å². The molecule has 0 aromatic heterocycles. The molecule has 0 aliphatic rings. The summed E-state index contributed by atoms with van der Waals surface area (Å²) < 4.78 is 12.6. The first-order chi connectivity index (χ1) is 4.63. The quantitative estimate of drug-likeness (QED) is 0.533. The van der Waals surface area contributed by atoms with Gasteiger partial charge in [-0.15, -0.1) is 0 Å². The zero-order valence-corrected chi connectivity index (χ0v) is 5.69. The predicted molar refractivity (Wildman–Crippen MR) is 40.0 cm³/mol. The van der Waals surface area contributed by atoms with Crippen LogP contribution >= 0.6 is 0 Å². The van der Waals surface area contributed by atoms with Gasteiger partial charge in [0.25, 0.3) is 0 Å². The van der Waals surface area contributed by atoms with Crippen molar-refractivity contribution in [2.45, 2.75) is 6.92 Å². The molecule has 1 rings (SSSR count). The maximum Gasteiger partial charge on any atom is 0.148 e. The van der Waals surface area contributed by atoms with Crippen molar-refractivity contribution in [2.75, 3.05) is 11.5 Å². The van der Waals surface area contributed by atoms with Crippen LogP contribution in [0.5, 0.6) is 0 Å². The standard InChI is InChI=1S/C7H9FN2/c1-4-2-3-5(8)7(10)6(4)9/h2-3H,9-10H2,1H3. The summed E-state index contributed by atoms with van der Waals surface area (Å²) in [5, 5.41) is 0. The van der Waals surface area contributed by atoms with Gasteiger partial charge in [0, 0.05) is 0 Å². The summed E-state index contributed by atoms with van der Waals surface area (Å²) in [6.45, 7) is 1.78. The lowest BCUT2D eigenvalue weighted by atomic mass is 10.2. The second-order valence-electron chi connectivity index (χ2n) is 2.19. The summed E-state index contributed by atoms with van der Waals surface area (Å²) >= 11 is 0. The first-order valence-corrected chi connectivity index (χ1v) is 2.93. The van der Waals surface area contributed by atoms with Gasteiger partial charge < -0.3 is 11.5 Å². The van der Waals surface area contributed by atoms with E-state index in [1.165, 1.54) is 6.07 Å². The van der Waals surface area contributed by atoms with E-state index in [9.17, 15) is 4.39 Å². The lowest BCUT2D eigenvalue weighted by molar-refractivity contribution is 0.633. The Bertz CT molecular complexity index is 231. The van der Waals surface area contributed by atoms with Gasteiger partial charge in [-0.25, -0.2) is 4.39 Å². The van der Waals surface area contributed by atoms with E-state index in [2.05, 4.69) is 0 Å². The molecular formula is C7H9FN2. The van der Waals surface area contributed by atoms with Crippen molar-refractivity contribution in [3.05, 3.63) is 23.5 Å². The molecule has 10 heavy (non-hydrogen) atoms. The second-order valence-corrected chi connectivity index (χ2v) is 2.19. The van der Waals surface area contributed by atoms with Crippen molar-refractivity contribution in [3.63, 3.8) is 0 Å². The van der Waals surface area contributed by atoms with Crippen LogP contribution in [0.2, 0.25) is 0 Å². The summed E-state index contributed by atoms with van der Waals surface area (Å²) in [6.07, 6.45) is 0. The van der Waals surface area contributed by atoms with Gasteiger partial charge >= 0.3 is 0 Å². The van der Waals surface area contributed by atoms with Crippen LogP contribution in [0.15, 0.2) is 12.1 Å². The van der Waals surface area contributed by atoms with Crippen LogP contribution in [-0.4, -0.2) is 0 Å². The molecule has 0 radical (unpaired) electrons. The van der Waals surface area contributed by atoms with Crippen molar-refractivity contribution < 1.29 is 4.39 Å². The van der Waals surface area contributed by atoms with Crippen molar-refractivity contribution in [1.29, 1.82) is 0 Å². The van der Waals surface area contributed by atoms with E-state index >= 15 is 0 Å². The van der Waals surface area contributed by atoms with Gasteiger partial charge in [-0.3, -0.25) is 0 Å². The minimum absolute atomic E-state index is 0.0417. The second kappa shape index (κ2) is 2.17. The summed E-state index contributed by atoms with van der Waals surface area (Å²) in [6, 6.07) is 2.90. The smallest absolute Gasteiger partial charge is 0.148 e. The Morgan fingerprint density at radius 3 is 2.30 bits per heavy atom. The Morgan fingerprint density at radius 2 is 1.80 bits per heavy atom. The Kier molecular flexibility index (Phi) is 1.49. The molecule has 0 fully saturated rings. The van der Waals surface area contributed by atoms with Gasteiger partial charge in [0.1, 0.15) is 5.82 Å². The fourth-order valence-electron chi connectivity index (χ4n) is 0.719. The highest BCUT2D eigenvalue weighted by Crippen LogP contribution is 2.21. The first kappa shape index (κ1) is 6.86. The zero-order valence-electron chi connectivity index (χ0n) is 5.69. The van der Waals surface area contributed by atoms with E-state index in [1.54, 1.807) is 13.0 Å². The normalized spacial score (nSPS) is 9.80. The van der Waals surface area contributed by atoms with Crippen LogP contribution in [0.25, 0.3) is 0 Å². The molecule has 4 N–H and O–H groups in total. The number of aryl methyl sites for hydroxylation is 1. The molecule has 0 heterocycles. The largest absolute Gasteiger partial charge is 0.397 e. The molecule has 0 saturated carbocycles. The SMILES string of the molecule is Cc1ccc(F)c(N)c1N. The van der Waals surface area contributed by atoms with Crippen LogP contribution in [0.4, 0.5) is 15.8 Å². The van der Waals surface area contributed by atoms with E-state index in [1.807, 2.05) is 0 Å². The van der Waals surface area contributed by atoms with Crippen LogP contribution in [0.1, 0.15) is 5.56 Å². The van der Waals surface area contributed by atoms with Crippen LogP contribution < -0.4 is 11.5 Å². The molecule has 0 amide bonds. The topological polar surface area (TPSA) is 52.0 Å². The summed E-state index contributed by atoms with van der Waals surface area (Å²) in [7, 11) is 0.